The zero-order valence-electron chi connectivity index (χ0n) is 9.31. The van der Waals surface area contributed by atoms with Crippen LogP contribution in [0.1, 0.15) is 29.1 Å². The molecule has 0 aliphatic carbocycles. The van der Waals surface area contributed by atoms with Crippen molar-refractivity contribution in [3.05, 3.63) is 58.5 Å². The van der Waals surface area contributed by atoms with E-state index in [2.05, 4.69) is 21.2 Å². The molecular weight excluding hydrogens is 282 g/mol. The zero-order chi connectivity index (χ0) is 12.3. The summed E-state index contributed by atoms with van der Waals surface area (Å²) < 4.78 is 6.02. The maximum Gasteiger partial charge on any atom is 0.287 e. The van der Waals surface area contributed by atoms with Gasteiger partial charge in [0.2, 0.25) is 0 Å². The van der Waals surface area contributed by atoms with Crippen LogP contribution in [0, 0.1) is 0 Å². The number of benzene rings is 1. The molecule has 1 atom stereocenters. The highest BCUT2D eigenvalue weighted by atomic mass is 79.9. The molecule has 0 spiro atoms. The Morgan fingerprint density at radius 2 is 2.06 bits per heavy atom. The van der Waals surface area contributed by atoms with Gasteiger partial charge in [-0.2, -0.15) is 0 Å². The van der Waals surface area contributed by atoms with Crippen molar-refractivity contribution in [2.45, 2.75) is 13.0 Å². The highest BCUT2D eigenvalue weighted by Gasteiger charge is 2.14. The molecule has 17 heavy (non-hydrogen) atoms. The number of nitrogens with one attached hydrogen (secondary N) is 1. The van der Waals surface area contributed by atoms with Crippen molar-refractivity contribution < 1.29 is 9.21 Å². The molecule has 0 aliphatic rings. The highest BCUT2D eigenvalue weighted by Crippen LogP contribution is 2.22. The average molecular weight is 294 g/mol. The fourth-order valence-electron chi connectivity index (χ4n) is 1.58. The van der Waals surface area contributed by atoms with Crippen molar-refractivity contribution in [2.75, 3.05) is 0 Å². The maximum atomic E-state index is 11.8. The largest absolute Gasteiger partial charge is 0.459 e. The van der Waals surface area contributed by atoms with Gasteiger partial charge in [0, 0.05) is 4.47 Å². The summed E-state index contributed by atoms with van der Waals surface area (Å²) in [5.74, 6) is 0.113. The minimum atomic E-state index is -0.210. The molecule has 1 unspecified atom stereocenters. The lowest BCUT2D eigenvalue weighted by Gasteiger charge is -2.14. The van der Waals surface area contributed by atoms with Crippen LogP contribution in [0.3, 0.4) is 0 Å². The number of carbonyl (C=O) groups excluding carboxylic acids is 1. The second-order valence-corrected chi connectivity index (χ2v) is 4.55. The smallest absolute Gasteiger partial charge is 0.287 e. The average Bonchev–Trinajstić information content (AvgIpc) is 2.82. The van der Waals surface area contributed by atoms with Crippen LogP contribution in [0.25, 0.3) is 0 Å². The minimum absolute atomic E-state index is 0.0804. The number of hydrogen-bond donors (Lipinski definition) is 1. The summed E-state index contributed by atoms with van der Waals surface area (Å²) in [6.07, 6.45) is 1.48. The highest BCUT2D eigenvalue weighted by molar-refractivity contribution is 9.10. The number of hydrogen-bond acceptors (Lipinski definition) is 2. The molecule has 0 fully saturated rings. The van der Waals surface area contributed by atoms with E-state index in [1.54, 1.807) is 12.1 Å². The SMILES string of the molecule is CC(NC(=O)c1ccco1)c1ccccc1Br. The monoisotopic (exact) mass is 293 g/mol. The van der Waals surface area contributed by atoms with Crippen LogP contribution in [-0.4, -0.2) is 5.91 Å². The Hall–Kier alpha value is -1.55. The first-order valence-electron chi connectivity index (χ1n) is 5.27. The zero-order valence-corrected chi connectivity index (χ0v) is 10.9. The number of halogens is 1. The Balaban J connectivity index is 2.10. The van der Waals surface area contributed by atoms with Crippen molar-refractivity contribution in [1.29, 1.82) is 0 Å². The van der Waals surface area contributed by atoms with E-state index in [1.807, 2.05) is 31.2 Å². The van der Waals surface area contributed by atoms with Crippen LogP contribution in [0.2, 0.25) is 0 Å². The number of carbonyl (C=O) groups is 1. The van der Waals surface area contributed by atoms with Crippen LogP contribution < -0.4 is 5.32 Å². The predicted octanol–water partition coefficient (Wildman–Crippen LogP) is 3.53. The summed E-state index contributed by atoms with van der Waals surface area (Å²) in [4.78, 5) is 11.8. The molecule has 0 saturated heterocycles. The van der Waals surface area contributed by atoms with Crippen molar-refractivity contribution in [3.8, 4) is 0 Å². The van der Waals surface area contributed by atoms with Crippen LogP contribution >= 0.6 is 15.9 Å². The fourth-order valence-corrected chi connectivity index (χ4v) is 2.21. The molecule has 2 aromatic rings. The van der Waals surface area contributed by atoms with E-state index in [9.17, 15) is 4.79 Å². The van der Waals surface area contributed by atoms with Gasteiger partial charge < -0.3 is 9.73 Å². The Bertz CT molecular complexity index is 508. The molecule has 1 N–H and O–H groups in total. The Kier molecular flexibility index (Phi) is 3.64. The molecular formula is C13H12BrNO2. The predicted molar refractivity (Wildman–Crippen MR) is 68.7 cm³/mol. The second kappa shape index (κ2) is 5.19. The summed E-state index contributed by atoms with van der Waals surface area (Å²) in [5, 5.41) is 2.88. The fraction of sp³-hybridized carbons (Fsp3) is 0.154. The van der Waals surface area contributed by atoms with Gasteiger partial charge >= 0.3 is 0 Å². The van der Waals surface area contributed by atoms with Gasteiger partial charge in [0.25, 0.3) is 5.91 Å². The first-order valence-corrected chi connectivity index (χ1v) is 6.06. The molecule has 4 heteroatoms. The lowest BCUT2D eigenvalue weighted by atomic mass is 10.1. The first-order chi connectivity index (χ1) is 8.18. The van der Waals surface area contributed by atoms with Gasteiger partial charge in [-0.05, 0) is 30.7 Å². The van der Waals surface area contributed by atoms with Gasteiger partial charge in [0.15, 0.2) is 5.76 Å². The summed E-state index contributed by atoms with van der Waals surface area (Å²) >= 11 is 3.46. The molecule has 1 heterocycles. The van der Waals surface area contributed by atoms with Crippen LogP contribution in [0.4, 0.5) is 0 Å². The van der Waals surface area contributed by atoms with Gasteiger partial charge in [-0.25, -0.2) is 0 Å². The third-order valence-electron chi connectivity index (χ3n) is 2.46. The molecule has 2 rings (SSSR count). The molecule has 0 saturated carbocycles. The summed E-state index contributed by atoms with van der Waals surface area (Å²) in [5.41, 5.74) is 1.03. The van der Waals surface area contributed by atoms with E-state index >= 15 is 0 Å². The lowest BCUT2D eigenvalue weighted by Crippen LogP contribution is -2.26. The normalized spacial score (nSPS) is 12.1. The quantitative estimate of drug-likeness (QED) is 0.941. The number of rotatable bonds is 3. The third kappa shape index (κ3) is 2.77. The van der Waals surface area contributed by atoms with Gasteiger partial charge in [0.05, 0.1) is 12.3 Å². The van der Waals surface area contributed by atoms with E-state index in [4.69, 9.17) is 4.42 Å². The van der Waals surface area contributed by atoms with Crippen molar-refractivity contribution in [3.63, 3.8) is 0 Å². The number of furan rings is 1. The Labute approximate surface area is 108 Å². The first kappa shape index (κ1) is 11.9. The van der Waals surface area contributed by atoms with Gasteiger partial charge in [0.1, 0.15) is 0 Å². The minimum Gasteiger partial charge on any atom is -0.459 e. The van der Waals surface area contributed by atoms with Gasteiger partial charge in [-0.1, -0.05) is 34.1 Å². The van der Waals surface area contributed by atoms with Gasteiger partial charge in [-0.15, -0.1) is 0 Å². The van der Waals surface area contributed by atoms with Crippen molar-refractivity contribution >= 4 is 21.8 Å². The summed E-state index contributed by atoms with van der Waals surface area (Å²) in [6, 6.07) is 11.1. The third-order valence-corrected chi connectivity index (χ3v) is 3.19. The van der Waals surface area contributed by atoms with E-state index < -0.39 is 0 Å². The maximum absolute atomic E-state index is 11.8. The molecule has 1 aromatic carbocycles. The summed E-state index contributed by atoms with van der Waals surface area (Å²) in [6.45, 7) is 1.93. The van der Waals surface area contributed by atoms with Crippen molar-refractivity contribution in [1.82, 2.24) is 5.32 Å². The molecule has 0 aliphatic heterocycles. The van der Waals surface area contributed by atoms with Crippen LogP contribution in [0.5, 0.6) is 0 Å². The van der Waals surface area contributed by atoms with Crippen LogP contribution in [0.15, 0.2) is 51.6 Å². The van der Waals surface area contributed by atoms with E-state index in [0.717, 1.165) is 10.0 Å². The molecule has 3 nitrogen and oxygen atoms in total. The number of amides is 1. The lowest BCUT2D eigenvalue weighted by molar-refractivity contribution is 0.0912. The molecule has 1 aromatic heterocycles. The molecule has 88 valence electrons. The topological polar surface area (TPSA) is 42.2 Å². The molecule has 0 radical (unpaired) electrons. The van der Waals surface area contributed by atoms with E-state index in [-0.39, 0.29) is 11.9 Å². The molecule has 0 bridgehead atoms. The Morgan fingerprint density at radius 3 is 2.71 bits per heavy atom. The molecule has 1 amide bonds. The summed E-state index contributed by atoms with van der Waals surface area (Å²) in [7, 11) is 0. The standard InChI is InChI=1S/C13H12BrNO2/c1-9(10-5-2-3-6-11(10)14)15-13(16)12-7-4-8-17-12/h2-9H,1H3,(H,15,16). The van der Waals surface area contributed by atoms with Crippen LogP contribution in [-0.2, 0) is 0 Å². The van der Waals surface area contributed by atoms with Gasteiger partial charge in [-0.3, -0.25) is 4.79 Å². The Morgan fingerprint density at radius 1 is 1.29 bits per heavy atom. The van der Waals surface area contributed by atoms with Crippen molar-refractivity contribution in [2.24, 2.45) is 0 Å². The van der Waals surface area contributed by atoms with E-state index in [0.29, 0.717) is 5.76 Å². The van der Waals surface area contributed by atoms with E-state index in [1.165, 1.54) is 6.26 Å². The second-order valence-electron chi connectivity index (χ2n) is 3.69.